The summed E-state index contributed by atoms with van der Waals surface area (Å²) in [7, 11) is 0. The van der Waals surface area contributed by atoms with Gasteiger partial charge in [0.2, 0.25) is 0 Å². The number of thiazole rings is 1. The van der Waals surface area contributed by atoms with Gasteiger partial charge in [0, 0.05) is 41.7 Å². The third-order valence-electron chi connectivity index (χ3n) is 6.76. The second-order valence-electron chi connectivity index (χ2n) is 9.23. The van der Waals surface area contributed by atoms with Crippen LogP contribution >= 0.6 is 11.3 Å². The number of aryl methyl sites for hydroxylation is 2. The van der Waals surface area contributed by atoms with Crippen molar-refractivity contribution in [2.24, 2.45) is 0 Å². The average molecular weight is 518 g/mol. The van der Waals surface area contributed by atoms with E-state index < -0.39 is 0 Å². The van der Waals surface area contributed by atoms with Crippen LogP contribution in [0.2, 0.25) is 0 Å². The number of piperidine rings is 1. The van der Waals surface area contributed by atoms with Crippen molar-refractivity contribution in [2.75, 3.05) is 18.4 Å². The van der Waals surface area contributed by atoms with E-state index in [2.05, 4.69) is 25.6 Å². The Kier molecular flexibility index (Phi) is 5.67. The standard InChI is InChI=1S/C25H23N7O4S/c1-13-9-20-28-29-21(14(2)32(20)30-13)24(34)31-7-5-15(6-8-31)23-27-19(12-37-23)22(33)26-17-4-3-16-11-36-25(35)18(16)10-17/h3-4,9-10,12,15H,5-8,11H2,1-2H3,(H,26,33). The Morgan fingerprint density at radius 3 is 2.76 bits per heavy atom. The molecule has 4 aromatic rings. The molecule has 0 unspecified atom stereocenters. The van der Waals surface area contributed by atoms with Crippen LogP contribution < -0.4 is 5.32 Å². The lowest BCUT2D eigenvalue weighted by Gasteiger charge is -2.31. The molecule has 12 heteroatoms. The lowest BCUT2D eigenvalue weighted by molar-refractivity contribution is 0.0534. The molecule has 6 rings (SSSR count). The Balaban J connectivity index is 1.09. The van der Waals surface area contributed by atoms with Gasteiger partial charge in [-0.1, -0.05) is 6.07 Å². The van der Waals surface area contributed by atoms with Gasteiger partial charge in [0.15, 0.2) is 11.3 Å². The Labute approximate surface area is 215 Å². The third-order valence-corrected chi connectivity index (χ3v) is 7.77. The Hall–Kier alpha value is -4.19. The molecule has 5 heterocycles. The molecule has 0 aliphatic carbocycles. The van der Waals surface area contributed by atoms with Crippen LogP contribution in [0, 0.1) is 13.8 Å². The van der Waals surface area contributed by atoms with Gasteiger partial charge >= 0.3 is 5.97 Å². The number of benzene rings is 1. The molecular weight excluding hydrogens is 494 g/mol. The molecule has 1 saturated heterocycles. The number of anilines is 1. The fraction of sp³-hybridized carbons (Fsp3) is 0.320. The summed E-state index contributed by atoms with van der Waals surface area (Å²) in [6.45, 7) is 5.08. The van der Waals surface area contributed by atoms with Gasteiger partial charge in [0.1, 0.15) is 12.3 Å². The lowest BCUT2D eigenvalue weighted by atomic mass is 9.97. The van der Waals surface area contributed by atoms with Gasteiger partial charge in [-0.05, 0) is 38.8 Å². The van der Waals surface area contributed by atoms with Crippen LogP contribution in [0.5, 0.6) is 0 Å². The van der Waals surface area contributed by atoms with Gasteiger partial charge in [-0.3, -0.25) is 9.59 Å². The van der Waals surface area contributed by atoms with Crippen molar-refractivity contribution >= 4 is 40.5 Å². The van der Waals surface area contributed by atoms with Crippen molar-refractivity contribution in [1.82, 2.24) is 29.7 Å². The van der Waals surface area contributed by atoms with Crippen LogP contribution in [-0.2, 0) is 11.3 Å². The van der Waals surface area contributed by atoms with E-state index in [1.54, 1.807) is 33.0 Å². The van der Waals surface area contributed by atoms with Gasteiger partial charge in [0.05, 0.1) is 22.0 Å². The summed E-state index contributed by atoms with van der Waals surface area (Å²) in [4.78, 5) is 44.1. The van der Waals surface area contributed by atoms with Crippen LogP contribution in [0.15, 0.2) is 29.6 Å². The number of aromatic nitrogens is 5. The van der Waals surface area contributed by atoms with Crippen LogP contribution in [0.3, 0.4) is 0 Å². The second kappa shape index (κ2) is 9.04. The molecule has 2 aliphatic heterocycles. The zero-order valence-corrected chi connectivity index (χ0v) is 21.0. The van der Waals surface area contributed by atoms with Crippen LogP contribution in [0.1, 0.15) is 72.1 Å². The number of nitrogens with one attached hydrogen (secondary N) is 1. The first kappa shape index (κ1) is 23.2. The SMILES string of the molecule is Cc1cc2nnc(C(=O)N3CCC(c4nc(C(=O)Nc5ccc6c(c5)C(=O)OC6)cs4)CC3)c(C)n2n1. The zero-order chi connectivity index (χ0) is 25.7. The molecule has 2 aliphatic rings. The first-order valence-electron chi connectivity index (χ1n) is 11.9. The smallest absolute Gasteiger partial charge is 0.338 e. The summed E-state index contributed by atoms with van der Waals surface area (Å²) in [6, 6.07) is 6.97. The van der Waals surface area contributed by atoms with Crippen LogP contribution in [-0.4, -0.2) is 60.6 Å². The Morgan fingerprint density at radius 1 is 1.14 bits per heavy atom. The molecule has 0 spiro atoms. The molecule has 0 radical (unpaired) electrons. The number of fused-ring (bicyclic) bond motifs is 2. The zero-order valence-electron chi connectivity index (χ0n) is 20.2. The van der Waals surface area contributed by atoms with Crippen molar-refractivity contribution in [1.29, 1.82) is 0 Å². The lowest BCUT2D eigenvalue weighted by Crippen LogP contribution is -2.39. The quantitative estimate of drug-likeness (QED) is 0.409. The highest BCUT2D eigenvalue weighted by Crippen LogP contribution is 2.31. The Morgan fingerprint density at radius 2 is 1.95 bits per heavy atom. The predicted molar refractivity (Wildman–Crippen MR) is 134 cm³/mol. The highest BCUT2D eigenvalue weighted by atomic mass is 32.1. The maximum atomic E-state index is 13.2. The highest BCUT2D eigenvalue weighted by molar-refractivity contribution is 7.10. The van der Waals surface area contributed by atoms with Crippen molar-refractivity contribution in [3.8, 4) is 0 Å². The van der Waals surface area contributed by atoms with E-state index in [0.717, 1.165) is 29.1 Å². The minimum atomic E-state index is -0.383. The number of carbonyl (C=O) groups excluding carboxylic acids is 3. The normalized spacial score (nSPS) is 15.6. The maximum absolute atomic E-state index is 13.2. The molecule has 2 amide bonds. The number of amides is 2. The van der Waals surface area contributed by atoms with Crippen molar-refractivity contribution in [3.63, 3.8) is 0 Å². The van der Waals surface area contributed by atoms with Crippen LogP contribution in [0.25, 0.3) is 5.65 Å². The number of carbonyl (C=O) groups is 3. The molecule has 3 aromatic heterocycles. The number of cyclic esters (lactones) is 1. The summed E-state index contributed by atoms with van der Waals surface area (Å²) in [6.07, 6.45) is 1.48. The van der Waals surface area contributed by atoms with E-state index >= 15 is 0 Å². The van der Waals surface area contributed by atoms with E-state index in [4.69, 9.17) is 4.74 Å². The molecule has 37 heavy (non-hydrogen) atoms. The summed E-state index contributed by atoms with van der Waals surface area (Å²) in [5.74, 6) is -0.712. The van der Waals surface area contributed by atoms with Crippen molar-refractivity contribution in [2.45, 2.75) is 39.2 Å². The first-order chi connectivity index (χ1) is 17.9. The fourth-order valence-corrected chi connectivity index (χ4v) is 5.69. The summed E-state index contributed by atoms with van der Waals surface area (Å²) < 4.78 is 6.66. The van der Waals surface area contributed by atoms with Gasteiger partial charge in [-0.15, -0.1) is 21.5 Å². The van der Waals surface area contributed by atoms with E-state index in [1.165, 1.54) is 11.3 Å². The van der Waals surface area contributed by atoms with E-state index in [9.17, 15) is 14.4 Å². The van der Waals surface area contributed by atoms with Gasteiger partial charge < -0.3 is 15.0 Å². The Bertz CT molecular complexity index is 1570. The molecule has 0 bridgehead atoms. The monoisotopic (exact) mass is 517 g/mol. The summed E-state index contributed by atoms with van der Waals surface area (Å²) in [5.41, 5.74) is 4.54. The minimum Gasteiger partial charge on any atom is -0.457 e. The summed E-state index contributed by atoms with van der Waals surface area (Å²) in [5, 5.41) is 18.1. The number of ether oxygens (including phenoxy) is 1. The van der Waals surface area contributed by atoms with Crippen LogP contribution in [0.4, 0.5) is 5.69 Å². The topological polar surface area (TPSA) is 132 Å². The first-order valence-corrected chi connectivity index (χ1v) is 12.8. The van der Waals surface area contributed by atoms with Gasteiger partial charge in [-0.2, -0.15) is 5.10 Å². The minimum absolute atomic E-state index is 0.157. The molecule has 1 aromatic carbocycles. The molecular formula is C25H23N7O4S. The predicted octanol–water partition coefficient (Wildman–Crippen LogP) is 3.14. The van der Waals surface area contributed by atoms with E-state index in [1.807, 2.05) is 19.9 Å². The van der Waals surface area contributed by atoms with Gasteiger partial charge in [0.25, 0.3) is 11.8 Å². The van der Waals surface area contributed by atoms with Gasteiger partial charge in [-0.25, -0.2) is 14.3 Å². The highest BCUT2D eigenvalue weighted by Gasteiger charge is 2.29. The number of rotatable bonds is 4. The number of nitrogens with zero attached hydrogens (tertiary/aromatic N) is 6. The number of esters is 1. The molecule has 0 saturated carbocycles. The average Bonchev–Trinajstić information content (AvgIpc) is 3.63. The molecule has 11 nitrogen and oxygen atoms in total. The van der Waals surface area contributed by atoms with E-state index in [0.29, 0.717) is 47.1 Å². The number of hydrogen-bond acceptors (Lipinski definition) is 9. The van der Waals surface area contributed by atoms with Crippen molar-refractivity contribution < 1.29 is 19.1 Å². The number of likely N-dealkylation sites (tertiary alicyclic amines) is 1. The van der Waals surface area contributed by atoms with E-state index in [-0.39, 0.29) is 30.3 Å². The molecule has 188 valence electrons. The fourth-order valence-electron chi connectivity index (χ4n) is 4.72. The maximum Gasteiger partial charge on any atom is 0.338 e. The second-order valence-corrected chi connectivity index (χ2v) is 10.1. The number of hydrogen-bond donors (Lipinski definition) is 1. The molecule has 0 atom stereocenters. The molecule has 1 fully saturated rings. The van der Waals surface area contributed by atoms with Crippen molar-refractivity contribution in [3.05, 3.63) is 68.6 Å². The largest absolute Gasteiger partial charge is 0.457 e. The molecule has 1 N–H and O–H groups in total. The third kappa shape index (κ3) is 4.22. The summed E-state index contributed by atoms with van der Waals surface area (Å²) >= 11 is 1.44.